The van der Waals surface area contributed by atoms with E-state index in [4.69, 9.17) is 4.74 Å². The summed E-state index contributed by atoms with van der Waals surface area (Å²) < 4.78 is 5.44. The fourth-order valence-corrected chi connectivity index (χ4v) is 6.95. The highest BCUT2D eigenvalue weighted by Crippen LogP contribution is 2.38. The second-order valence-corrected chi connectivity index (χ2v) is 13.3. The largest absolute Gasteiger partial charge is 0.446 e. The summed E-state index contributed by atoms with van der Waals surface area (Å²) in [5, 5.41) is 9.99. The number of unbranched alkanes of at least 4 members (excludes halogenated alkanes) is 2. The average Bonchev–Trinajstić information content (AvgIpc) is 3.55. The van der Waals surface area contributed by atoms with Crippen LogP contribution in [0.1, 0.15) is 93.0 Å². The van der Waals surface area contributed by atoms with Gasteiger partial charge in [-0.1, -0.05) is 130 Å². The number of nitrogens with zero attached hydrogens (tertiary/aromatic N) is 2. The third kappa shape index (κ3) is 9.48. The van der Waals surface area contributed by atoms with Gasteiger partial charge in [0.2, 0.25) is 5.91 Å². The molecule has 4 atom stereocenters. The van der Waals surface area contributed by atoms with Gasteiger partial charge in [0.05, 0.1) is 6.10 Å². The molecule has 4 aromatic carbocycles. The number of Topliss-reactive ketones (excluding diaryl/α,β-unsaturated/α-hetero) is 1. The fraction of sp³-hybridized carbons (Fsp3) is 0.372. The number of ether oxygens (including phenoxy) is 1. The van der Waals surface area contributed by atoms with Crippen molar-refractivity contribution in [3.05, 3.63) is 138 Å². The van der Waals surface area contributed by atoms with Crippen LogP contribution in [0.3, 0.4) is 0 Å². The molecular formula is C43H50N2O5. The van der Waals surface area contributed by atoms with Gasteiger partial charge in [0.25, 0.3) is 0 Å². The van der Waals surface area contributed by atoms with Crippen LogP contribution in [0.5, 0.6) is 0 Å². The molecule has 0 saturated carbocycles. The molecule has 1 heterocycles. The van der Waals surface area contributed by atoms with Gasteiger partial charge in [0.1, 0.15) is 24.3 Å². The first-order valence-electron chi connectivity index (χ1n) is 18.1. The van der Waals surface area contributed by atoms with Crippen LogP contribution < -0.4 is 4.90 Å². The van der Waals surface area contributed by atoms with Gasteiger partial charge in [0, 0.05) is 31.1 Å². The number of hydrogen-bond donors (Lipinski definition) is 1. The van der Waals surface area contributed by atoms with Crippen molar-refractivity contribution in [2.24, 2.45) is 5.92 Å². The Morgan fingerprint density at radius 3 is 2.02 bits per heavy atom. The molecule has 5 rings (SSSR count). The van der Waals surface area contributed by atoms with Gasteiger partial charge in [-0.2, -0.15) is 0 Å². The number of rotatable bonds is 18. The van der Waals surface area contributed by atoms with E-state index < -0.39 is 29.9 Å². The van der Waals surface area contributed by atoms with Crippen molar-refractivity contribution in [2.45, 2.75) is 89.9 Å². The normalized spacial score (nSPS) is 16.0. The molecule has 4 aromatic rings. The minimum Gasteiger partial charge on any atom is -0.446 e. The Kier molecular flexibility index (Phi) is 13.4. The van der Waals surface area contributed by atoms with Crippen molar-refractivity contribution < 1.29 is 24.2 Å². The van der Waals surface area contributed by atoms with Gasteiger partial charge in [-0.05, 0) is 60.1 Å². The minimum absolute atomic E-state index is 0.0511. The molecule has 0 bridgehead atoms. The van der Waals surface area contributed by atoms with Crippen LogP contribution in [0.15, 0.2) is 115 Å². The number of benzene rings is 4. The number of carbonyl (C=O) groups is 3. The maximum Gasteiger partial charge on any atom is 0.417 e. The summed E-state index contributed by atoms with van der Waals surface area (Å²) in [5.74, 6) is -2.17. The van der Waals surface area contributed by atoms with Gasteiger partial charge in [-0.3, -0.25) is 9.59 Å². The Labute approximate surface area is 296 Å². The average molecular weight is 675 g/mol. The van der Waals surface area contributed by atoms with Crippen molar-refractivity contribution in [3.8, 4) is 0 Å². The van der Waals surface area contributed by atoms with E-state index in [1.807, 2.05) is 92.7 Å². The Morgan fingerprint density at radius 1 is 0.800 bits per heavy atom. The van der Waals surface area contributed by atoms with Crippen molar-refractivity contribution in [3.63, 3.8) is 0 Å². The van der Waals surface area contributed by atoms with Crippen LogP contribution in [0.4, 0.5) is 10.5 Å². The van der Waals surface area contributed by atoms with Gasteiger partial charge < -0.3 is 14.7 Å². The van der Waals surface area contributed by atoms with Crippen LogP contribution in [0.25, 0.3) is 0 Å². The summed E-state index contributed by atoms with van der Waals surface area (Å²) in [6, 6.07) is 37.6. The molecule has 50 heavy (non-hydrogen) atoms. The third-order valence-corrected chi connectivity index (χ3v) is 9.78. The fourth-order valence-electron chi connectivity index (χ4n) is 6.95. The Morgan fingerprint density at radius 2 is 1.42 bits per heavy atom. The zero-order chi connectivity index (χ0) is 35.3. The summed E-state index contributed by atoms with van der Waals surface area (Å²) in [6.45, 7) is 5.37. The second kappa shape index (κ2) is 18.3. The van der Waals surface area contributed by atoms with Crippen LogP contribution >= 0.6 is 0 Å². The summed E-state index contributed by atoms with van der Waals surface area (Å²) in [7, 11) is 0. The monoisotopic (exact) mass is 674 g/mol. The van der Waals surface area contributed by atoms with Crippen LogP contribution in [0, 0.1) is 5.92 Å². The van der Waals surface area contributed by atoms with Crippen LogP contribution in [0.2, 0.25) is 0 Å². The Hall–Kier alpha value is -4.75. The first-order chi connectivity index (χ1) is 24.4. The highest BCUT2D eigenvalue weighted by molar-refractivity contribution is 6.07. The van der Waals surface area contributed by atoms with Crippen molar-refractivity contribution in [1.29, 1.82) is 0 Å². The number of hydrogen-bond acceptors (Lipinski definition) is 6. The van der Waals surface area contributed by atoms with E-state index in [0.717, 1.165) is 29.7 Å². The summed E-state index contributed by atoms with van der Waals surface area (Å²) >= 11 is 0. The van der Waals surface area contributed by atoms with E-state index in [2.05, 4.69) is 41.3 Å². The summed E-state index contributed by atoms with van der Waals surface area (Å²) in [6.07, 6.45) is 3.31. The molecule has 7 nitrogen and oxygen atoms in total. The van der Waals surface area contributed by atoms with Gasteiger partial charge in [-0.15, -0.1) is 0 Å². The molecule has 0 spiro atoms. The van der Waals surface area contributed by atoms with Gasteiger partial charge >= 0.3 is 6.09 Å². The highest BCUT2D eigenvalue weighted by atomic mass is 16.6. The topological polar surface area (TPSA) is 87.2 Å². The maximum absolute atomic E-state index is 14.6. The second-order valence-electron chi connectivity index (χ2n) is 13.3. The van der Waals surface area contributed by atoms with E-state index in [-0.39, 0.29) is 24.9 Å². The molecule has 1 aliphatic heterocycles. The number of imide groups is 1. The molecular weight excluding hydrogens is 624 g/mol. The molecule has 1 aliphatic rings. The van der Waals surface area contributed by atoms with Gasteiger partial charge in [0.15, 0.2) is 0 Å². The molecule has 262 valence electrons. The SMILES string of the molecule is CCC(O)CCCCCC(=O)C(C(=O)N1C(=O)OCC1c1ccccc1)[C@@H](CC)c1cccc(N(Cc2ccccc2)Cc2ccccc2)c1. The molecule has 0 aliphatic carbocycles. The molecule has 1 saturated heterocycles. The van der Waals surface area contributed by atoms with E-state index in [1.54, 1.807) is 0 Å². The van der Waals surface area contributed by atoms with E-state index in [0.29, 0.717) is 38.8 Å². The number of cyclic esters (lactones) is 1. The van der Waals surface area contributed by atoms with E-state index in [1.165, 1.54) is 16.0 Å². The summed E-state index contributed by atoms with van der Waals surface area (Å²) in [4.78, 5) is 45.6. The summed E-state index contributed by atoms with van der Waals surface area (Å²) in [5.41, 5.74) is 5.02. The van der Waals surface area contributed by atoms with E-state index >= 15 is 0 Å². The number of aliphatic hydroxyl groups excluding tert-OH is 1. The molecule has 0 aromatic heterocycles. The molecule has 7 heteroatoms. The van der Waals surface area contributed by atoms with Gasteiger partial charge in [-0.25, -0.2) is 9.69 Å². The Balaban J connectivity index is 1.47. The zero-order valence-electron chi connectivity index (χ0n) is 29.3. The van der Waals surface area contributed by atoms with E-state index in [9.17, 15) is 19.5 Å². The van der Waals surface area contributed by atoms with Crippen LogP contribution in [-0.2, 0) is 27.4 Å². The molecule has 1 fully saturated rings. The smallest absolute Gasteiger partial charge is 0.417 e. The maximum atomic E-state index is 14.6. The predicted octanol–water partition coefficient (Wildman–Crippen LogP) is 9.01. The van der Waals surface area contributed by atoms with Crippen molar-refractivity contribution in [2.75, 3.05) is 11.5 Å². The lowest BCUT2D eigenvalue weighted by atomic mass is 9.78. The highest BCUT2D eigenvalue weighted by Gasteiger charge is 2.46. The third-order valence-electron chi connectivity index (χ3n) is 9.78. The molecule has 0 radical (unpaired) electrons. The zero-order valence-corrected chi connectivity index (χ0v) is 29.3. The van der Waals surface area contributed by atoms with Crippen molar-refractivity contribution in [1.82, 2.24) is 4.90 Å². The minimum atomic E-state index is -1.05. The standard InChI is InChI=1S/C43H50N2O5/c1-3-37(46)26-15-8-16-27-40(47)41(42(48)45-39(31-50-43(45)49)34-22-13-7-14-23-34)38(4-2)35-24-17-25-36(28-35)44(29-32-18-9-5-10-19-32)30-33-20-11-6-12-21-33/h5-7,9-14,17-25,28,37-39,41,46H,3-4,8,15-16,26-27,29-31H2,1-2H3/t37?,38-,39?,41?/m0/s1. The number of amides is 2. The lowest BCUT2D eigenvalue weighted by molar-refractivity contribution is -0.141. The van der Waals surface area contributed by atoms with Crippen molar-refractivity contribution >= 4 is 23.5 Å². The number of ketones is 1. The Bertz CT molecular complexity index is 1620. The lowest BCUT2D eigenvalue weighted by Gasteiger charge is -2.31. The predicted molar refractivity (Wildman–Crippen MR) is 198 cm³/mol. The quantitative estimate of drug-likeness (QED) is 0.0838. The lowest BCUT2D eigenvalue weighted by Crippen LogP contribution is -2.44. The molecule has 2 amide bonds. The number of carbonyl (C=O) groups excluding carboxylic acids is 3. The molecule has 3 unspecified atom stereocenters. The first kappa shape index (κ1) is 36.5. The molecule has 1 N–H and O–H groups in total. The first-order valence-corrected chi connectivity index (χ1v) is 18.1. The van der Waals surface area contributed by atoms with Crippen LogP contribution in [-0.4, -0.2) is 40.5 Å². The number of anilines is 1. The number of aliphatic hydroxyl groups is 1.